The molecule has 1 aromatic heterocycles. The highest BCUT2D eigenvalue weighted by Gasteiger charge is 2.22. The molecule has 5 heteroatoms. The molecule has 1 N–H and O–H groups in total. The van der Waals surface area contributed by atoms with Gasteiger partial charge in [-0.05, 0) is 35.7 Å². The van der Waals surface area contributed by atoms with Gasteiger partial charge in [0.15, 0.2) is 5.13 Å². The van der Waals surface area contributed by atoms with Gasteiger partial charge in [0, 0.05) is 36.3 Å². The van der Waals surface area contributed by atoms with E-state index in [1.807, 2.05) is 48.0 Å². The summed E-state index contributed by atoms with van der Waals surface area (Å²) in [7, 11) is 0. The van der Waals surface area contributed by atoms with Crippen LogP contribution in [0.25, 0.3) is 10.8 Å². The number of thiazole rings is 1. The Kier molecular flexibility index (Phi) is 4.17. The highest BCUT2D eigenvalue weighted by molar-refractivity contribution is 7.13. The van der Waals surface area contributed by atoms with E-state index in [0.717, 1.165) is 47.4 Å². The van der Waals surface area contributed by atoms with Crippen molar-refractivity contribution in [3.63, 3.8) is 0 Å². The maximum absolute atomic E-state index is 12.5. The molecule has 0 bridgehead atoms. The van der Waals surface area contributed by atoms with Crippen molar-refractivity contribution in [2.75, 3.05) is 18.0 Å². The fourth-order valence-corrected chi connectivity index (χ4v) is 3.88. The molecule has 2 heterocycles. The number of rotatable bonds is 3. The summed E-state index contributed by atoms with van der Waals surface area (Å²) >= 11 is 1.67. The average Bonchev–Trinajstić information content (AvgIpc) is 3.16. The Labute approximate surface area is 145 Å². The summed E-state index contributed by atoms with van der Waals surface area (Å²) in [4.78, 5) is 19.2. The topological polar surface area (TPSA) is 45.2 Å². The summed E-state index contributed by atoms with van der Waals surface area (Å²) in [5, 5.41) is 8.52. The summed E-state index contributed by atoms with van der Waals surface area (Å²) in [6.45, 7) is 1.88. The fourth-order valence-electron chi connectivity index (χ4n) is 3.19. The molecular weight excluding hydrogens is 318 g/mol. The van der Waals surface area contributed by atoms with E-state index in [0.29, 0.717) is 0 Å². The number of fused-ring (bicyclic) bond motifs is 1. The van der Waals surface area contributed by atoms with Crippen molar-refractivity contribution in [1.29, 1.82) is 0 Å². The van der Waals surface area contributed by atoms with Crippen LogP contribution in [0, 0.1) is 0 Å². The first-order valence-electron chi connectivity index (χ1n) is 8.24. The Hall–Kier alpha value is -2.40. The van der Waals surface area contributed by atoms with Crippen LogP contribution in [0.1, 0.15) is 23.2 Å². The molecule has 0 unspecified atom stereocenters. The average molecular weight is 337 g/mol. The Morgan fingerprint density at radius 2 is 1.92 bits per heavy atom. The number of carbonyl (C=O) groups excluding carboxylic acids is 1. The van der Waals surface area contributed by atoms with Gasteiger partial charge in [0.2, 0.25) is 0 Å². The maximum atomic E-state index is 12.5. The second kappa shape index (κ2) is 6.61. The number of amides is 1. The first-order chi connectivity index (χ1) is 11.8. The molecule has 1 fully saturated rings. The van der Waals surface area contributed by atoms with Gasteiger partial charge in [-0.3, -0.25) is 4.79 Å². The van der Waals surface area contributed by atoms with Gasteiger partial charge in [-0.25, -0.2) is 4.98 Å². The van der Waals surface area contributed by atoms with Crippen LogP contribution in [0.4, 0.5) is 5.13 Å². The predicted octanol–water partition coefficient (Wildman–Crippen LogP) is 3.70. The van der Waals surface area contributed by atoms with Gasteiger partial charge in [0.25, 0.3) is 5.91 Å². The molecule has 1 aliphatic rings. The first-order valence-corrected chi connectivity index (χ1v) is 9.12. The molecule has 0 aliphatic carbocycles. The lowest BCUT2D eigenvalue weighted by molar-refractivity contribution is 0.0931. The molecule has 3 aromatic rings. The molecule has 0 saturated carbocycles. The predicted molar refractivity (Wildman–Crippen MR) is 98.8 cm³/mol. The lowest BCUT2D eigenvalue weighted by atomic mass is 10.0. The minimum atomic E-state index is 0.0217. The molecule has 1 aliphatic heterocycles. The smallest absolute Gasteiger partial charge is 0.251 e. The van der Waals surface area contributed by atoms with Crippen molar-refractivity contribution in [2.45, 2.75) is 18.9 Å². The van der Waals surface area contributed by atoms with Gasteiger partial charge in [0.05, 0.1) is 0 Å². The number of carbonyl (C=O) groups is 1. The van der Waals surface area contributed by atoms with Crippen LogP contribution in [0.3, 0.4) is 0 Å². The minimum Gasteiger partial charge on any atom is -0.349 e. The highest BCUT2D eigenvalue weighted by atomic mass is 32.1. The molecule has 0 atom stereocenters. The van der Waals surface area contributed by atoms with E-state index in [-0.39, 0.29) is 11.9 Å². The number of aromatic nitrogens is 1. The van der Waals surface area contributed by atoms with Crippen LogP contribution in [0.15, 0.2) is 54.0 Å². The molecule has 1 amide bonds. The molecule has 24 heavy (non-hydrogen) atoms. The zero-order chi connectivity index (χ0) is 16.4. The van der Waals surface area contributed by atoms with Gasteiger partial charge in [-0.1, -0.05) is 30.3 Å². The largest absolute Gasteiger partial charge is 0.349 e. The summed E-state index contributed by atoms with van der Waals surface area (Å²) in [6, 6.07) is 14.2. The molecule has 0 radical (unpaired) electrons. The van der Waals surface area contributed by atoms with Crippen molar-refractivity contribution >= 4 is 33.1 Å². The number of anilines is 1. The minimum absolute atomic E-state index is 0.0217. The molecule has 122 valence electrons. The van der Waals surface area contributed by atoms with Crippen molar-refractivity contribution in [3.05, 3.63) is 59.6 Å². The molecular formula is C19H19N3OS. The fraction of sp³-hybridized carbons (Fsp3) is 0.263. The van der Waals surface area contributed by atoms with E-state index in [2.05, 4.69) is 21.3 Å². The SMILES string of the molecule is O=C(NC1CCN(c2nccs2)CC1)c1ccc2ccccc2c1. The third kappa shape index (κ3) is 3.12. The second-order valence-electron chi connectivity index (χ2n) is 6.11. The zero-order valence-electron chi connectivity index (χ0n) is 13.3. The maximum Gasteiger partial charge on any atom is 0.251 e. The zero-order valence-corrected chi connectivity index (χ0v) is 14.1. The van der Waals surface area contributed by atoms with Crippen LogP contribution in [0.5, 0.6) is 0 Å². The van der Waals surface area contributed by atoms with E-state index >= 15 is 0 Å². The molecule has 4 rings (SSSR count). The highest BCUT2D eigenvalue weighted by Crippen LogP contribution is 2.22. The first kappa shape index (κ1) is 15.1. The Bertz CT molecular complexity index is 839. The van der Waals surface area contributed by atoms with E-state index in [4.69, 9.17) is 0 Å². The van der Waals surface area contributed by atoms with Crippen LogP contribution in [-0.4, -0.2) is 30.0 Å². The Balaban J connectivity index is 1.39. The second-order valence-corrected chi connectivity index (χ2v) is 6.98. The molecule has 0 spiro atoms. The van der Waals surface area contributed by atoms with E-state index in [1.165, 1.54) is 0 Å². The lowest BCUT2D eigenvalue weighted by Crippen LogP contribution is -2.44. The number of benzene rings is 2. The molecule has 1 saturated heterocycles. The van der Waals surface area contributed by atoms with Crippen LogP contribution in [-0.2, 0) is 0 Å². The molecule has 4 nitrogen and oxygen atoms in total. The van der Waals surface area contributed by atoms with E-state index in [9.17, 15) is 4.79 Å². The lowest BCUT2D eigenvalue weighted by Gasteiger charge is -2.32. The number of piperidine rings is 1. The summed E-state index contributed by atoms with van der Waals surface area (Å²) < 4.78 is 0. The number of nitrogens with one attached hydrogen (secondary N) is 1. The summed E-state index contributed by atoms with van der Waals surface area (Å²) in [6.07, 6.45) is 3.76. The van der Waals surface area contributed by atoms with Gasteiger partial charge >= 0.3 is 0 Å². The third-order valence-electron chi connectivity index (χ3n) is 4.53. The van der Waals surface area contributed by atoms with Crippen LogP contribution in [0.2, 0.25) is 0 Å². The summed E-state index contributed by atoms with van der Waals surface area (Å²) in [5.41, 5.74) is 0.732. The van der Waals surface area contributed by atoms with Crippen LogP contribution < -0.4 is 10.2 Å². The molecule has 2 aromatic carbocycles. The van der Waals surface area contributed by atoms with E-state index < -0.39 is 0 Å². The van der Waals surface area contributed by atoms with Crippen molar-refractivity contribution in [1.82, 2.24) is 10.3 Å². The quantitative estimate of drug-likeness (QED) is 0.793. The van der Waals surface area contributed by atoms with Gasteiger partial charge in [-0.15, -0.1) is 11.3 Å². The van der Waals surface area contributed by atoms with Crippen molar-refractivity contribution in [2.24, 2.45) is 0 Å². The Morgan fingerprint density at radius 1 is 1.12 bits per heavy atom. The van der Waals surface area contributed by atoms with Gasteiger partial charge in [-0.2, -0.15) is 0 Å². The van der Waals surface area contributed by atoms with Gasteiger partial charge in [0.1, 0.15) is 0 Å². The number of hydrogen-bond donors (Lipinski definition) is 1. The van der Waals surface area contributed by atoms with Crippen molar-refractivity contribution < 1.29 is 4.79 Å². The van der Waals surface area contributed by atoms with Crippen molar-refractivity contribution in [3.8, 4) is 0 Å². The normalized spacial score (nSPS) is 15.6. The van der Waals surface area contributed by atoms with Crippen LogP contribution >= 0.6 is 11.3 Å². The number of nitrogens with zero attached hydrogens (tertiary/aromatic N) is 2. The summed E-state index contributed by atoms with van der Waals surface area (Å²) in [5.74, 6) is 0.0217. The monoisotopic (exact) mass is 337 g/mol. The Morgan fingerprint density at radius 3 is 2.67 bits per heavy atom. The van der Waals surface area contributed by atoms with Gasteiger partial charge < -0.3 is 10.2 Å². The third-order valence-corrected chi connectivity index (χ3v) is 5.36. The number of hydrogen-bond acceptors (Lipinski definition) is 4. The standard InChI is InChI=1S/C19H19N3OS/c23-18(16-6-5-14-3-1-2-4-15(14)13-16)21-17-7-10-22(11-8-17)19-20-9-12-24-19/h1-6,9,12-13,17H,7-8,10-11H2,(H,21,23). The van der Waals surface area contributed by atoms with E-state index in [1.54, 1.807) is 11.3 Å².